The first-order valence-electron chi connectivity index (χ1n) is 10.8. The van der Waals surface area contributed by atoms with Gasteiger partial charge in [0.1, 0.15) is 5.70 Å². The van der Waals surface area contributed by atoms with Crippen LogP contribution in [0.4, 0.5) is 11.4 Å². The van der Waals surface area contributed by atoms with Gasteiger partial charge in [0.15, 0.2) is 0 Å². The molecule has 0 N–H and O–H groups in total. The van der Waals surface area contributed by atoms with Gasteiger partial charge in [0.2, 0.25) is 0 Å². The molecule has 0 atom stereocenters. The highest BCUT2D eigenvalue weighted by molar-refractivity contribution is 7.11. The number of anilines is 2. The van der Waals surface area contributed by atoms with Gasteiger partial charge in [0.25, 0.3) is 11.8 Å². The fourth-order valence-electron chi connectivity index (χ4n) is 4.41. The molecule has 2 aliphatic rings. The van der Waals surface area contributed by atoms with Crippen LogP contribution in [0, 0.1) is 0 Å². The number of unbranched alkanes of at least 4 members (excludes halogenated alkanes) is 1. The molecule has 0 spiro atoms. The molecule has 3 heterocycles. The van der Waals surface area contributed by atoms with Crippen LogP contribution in [0.25, 0.3) is 5.57 Å². The molecule has 1 aromatic heterocycles. The second kappa shape index (κ2) is 8.16. The number of rotatable bonds is 6. The zero-order chi connectivity index (χ0) is 21.4. The molecule has 5 rings (SSSR count). The van der Waals surface area contributed by atoms with Crippen LogP contribution in [0.2, 0.25) is 0 Å². The fourth-order valence-corrected chi connectivity index (χ4v) is 5.17. The average Bonchev–Trinajstić information content (AvgIpc) is 3.51. The quantitative estimate of drug-likeness (QED) is 0.491. The van der Waals surface area contributed by atoms with Crippen LogP contribution in [0.15, 0.2) is 71.7 Å². The molecule has 31 heavy (non-hydrogen) atoms. The van der Waals surface area contributed by atoms with E-state index in [0.717, 1.165) is 36.2 Å². The summed E-state index contributed by atoms with van der Waals surface area (Å²) < 4.78 is 0. The molecule has 2 amide bonds. The number of nitrogens with zero attached hydrogens (tertiary/aromatic N) is 2. The van der Waals surface area contributed by atoms with E-state index in [1.54, 1.807) is 0 Å². The Balaban J connectivity index is 1.56. The molecular weight excluding hydrogens is 404 g/mol. The van der Waals surface area contributed by atoms with E-state index >= 15 is 0 Å². The lowest BCUT2D eigenvalue weighted by molar-refractivity contribution is -0.120. The molecule has 4 nitrogen and oxygen atoms in total. The van der Waals surface area contributed by atoms with Crippen LogP contribution in [0.5, 0.6) is 0 Å². The highest BCUT2D eigenvalue weighted by Crippen LogP contribution is 2.41. The Bertz CT molecular complexity index is 1160. The smallest absolute Gasteiger partial charge is 0.282 e. The normalized spacial score (nSPS) is 15.9. The summed E-state index contributed by atoms with van der Waals surface area (Å²) in [5.41, 5.74) is 5.08. The van der Waals surface area contributed by atoms with E-state index in [-0.39, 0.29) is 11.8 Å². The van der Waals surface area contributed by atoms with Crippen molar-refractivity contribution >= 4 is 40.1 Å². The summed E-state index contributed by atoms with van der Waals surface area (Å²) in [5, 5.41) is 1.95. The van der Waals surface area contributed by atoms with Gasteiger partial charge in [0, 0.05) is 17.1 Å². The number of hydrogen-bond donors (Lipinski definition) is 0. The van der Waals surface area contributed by atoms with E-state index in [2.05, 4.69) is 13.0 Å². The van der Waals surface area contributed by atoms with E-state index < -0.39 is 0 Å². The summed E-state index contributed by atoms with van der Waals surface area (Å²) in [4.78, 5) is 31.5. The first kappa shape index (κ1) is 19.8. The third-order valence-electron chi connectivity index (χ3n) is 6.00. The minimum Gasteiger partial charge on any atom is -0.336 e. The van der Waals surface area contributed by atoms with E-state index in [1.165, 1.54) is 27.4 Å². The van der Waals surface area contributed by atoms with E-state index in [0.29, 0.717) is 23.5 Å². The topological polar surface area (TPSA) is 40.6 Å². The number of benzene rings is 2. The SMILES string of the molecule is CCCCc1ccc(N2C(=O)C(c3cccs3)=C(N3CCc4ccccc43)C2=O)cc1. The second-order valence-corrected chi connectivity index (χ2v) is 8.89. The van der Waals surface area contributed by atoms with Crippen molar-refractivity contribution in [3.05, 3.63) is 87.7 Å². The molecule has 0 saturated heterocycles. The van der Waals surface area contributed by atoms with Crippen LogP contribution in [-0.2, 0) is 22.4 Å². The summed E-state index contributed by atoms with van der Waals surface area (Å²) in [6.07, 6.45) is 4.14. The highest BCUT2D eigenvalue weighted by Gasteiger charge is 2.44. The average molecular weight is 429 g/mol. The number of carbonyl (C=O) groups is 2. The van der Waals surface area contributed by atoms with Gasteiger partial charge < -0.3 is 4.90 Å². The maximum atomic E-state index is 13.7. The maximum absolute atomic E-state index is 13.7. The van der Waals surface area contributed by atoms with Crippen LogP contribution in [-0.4, -0.2) is 18.4 Å². The molecule has 0 aliphatic carbocycles. The van der Waals surface area contributed by atoms with Crippen LogP contribution in [0.3, 0.4) is 0 Å². The lowest BCUT2D eigenvalue weighted by Gasteiger charge is -2.21. The molecule has 5 heteroatoms. The van der Waals surface area contributed by atoms with Crippen molar-refractivity contribution in [2.24, 2.45) is 0 Å². The molecule has 2 aliphatic heterocycles. The van der Waals surface area contributed by atoms with Crippen molar-refractivity contribution in [3.8, 4) is 0 Å². The Hall–Kier alpha value is -3.18. The predicted octanol–water partition coefficient (Wildman–Crippen LogP) is 5.44. The molecule has 0 bridgehead atoms. The number of amides is 2. The van der Waals surface area contributed by atoms with Crippen LogP contribution in [0.1, 0.15) is 35.8 Å². The molecule has 0 radical (unpaired) electrons. The van der Waals surface area contributed by atoms with E-state index in [9.17, 15) is 9.59 Å². The molecular formula is C26H24N2O2S. The Morgan fingerprint density at radius 3 is 2.48 bits per heavy atom. The number of imide groups is 1. The van der Waals surface area contributed by atoms with Crippen molar-refractivity contribution in [2.75, 3.05) is 16.3 Å². The van der Waals surface area contributed by atoms with Gasteiger partial charge in [-0.3, -0.25) is 9.59 Å². The van der Waals surface area contributed by atoms with Gasteiger partial charge in [-0.25, -0.2) is 4.90 Å². The first-order chi connectivity index (χ1) is 15.2. The molecule has 2 aromatic carbocycles. The number of aryl methyl sites for hydroxylation is 1. The maximum Gasteiger partial charge on any atom is 0.282 e. The summed E-state index contributed by atoms with van der Waals surface area (Å²) in [6, 6.07) is 19.8. The molecule has 0 unspecified atom stereocenters. The summed E-state index contributed by atoms with van der Waals surface area (Å²) in [5.74, 6) is -0.487. The number of para-hydroxylation sites is 1. The number of hydrogen-bond acceptors (Lipinski definition) is 4. The van der Waals surface area contributed by atoms with Gasteiger partial charge in [-0.15, -0.1) is 11.3 Å². The lowest BCUT2D eigenvalue weighted by Crippen LogP contribution is -2.34. The van der Waals surface area contributed by atoms with Crippen molar-refractivity contribution < 1.29 is 9.59 Å². The van der Waals surface area contributed by atoms with Gasteiger partial charge in [-0.05, 0) is 60.0 Å². The summed E-state index contributed by atoms with van der Waals surface area (Å²) in [6.45, 7) is 2.87. The van der Waals surface area contributed by atoms with Gasteiger partial charge in [0.05, 0.1) is 11.3 Å². The van der Waals surface area contributed by atoms with Crippen molar-refractivity contribution in [1.29, 1.82) is 0 Å². The predicted molar refractivity (Wildman–Crippen MR) is 126 cm³/mol. The van der Waals surface area contributed by atoms with Gasteiger partial charge in [-0.1, -0.05) is 49.7 Å². The fraction of sp³-hybridized carbons (Fsp3) is 0.231. The third kappa shape index (κ3) is 3.39. The standard InChI is InChI=1S/C26H24N2O2S/c1-2-3-7-18-11-13-20(14-12-18)28-25(29)23(22-10-6-17-31-22)24(26(28)30)27-16-15-19-8-4-5-9-21(19)27/h4-6,8-14,17H,2-3,7,15-16H2,1H3. The van der Waals surface area contributed by atoms with Crippen LogP contribution < -0.4 is 9.80 Å². The Labute approximate surface area is 186 Å². The van der Waals surface area contributed by atoms with Crippen molar-refractivity contribution in [2.45, 2.75) is 32.6 Å². The Kier molecular flexibility index (Phi) is 5.20. The Morgan fingerprint density at radius 1 is 0.935 bits per heavy atom. The Morgan fingerprint density at radius 2 is 1.74 bits per heavy atom. The molecule has 0 saturated carbocycles. The zero-order valence-electron chi connectivity index (χ0n) is 17.5. The lowest BCUT2D eigenvalue weighted by atomic mass is 10.1. The van der Waals surface area contributed by atoms with Crippen molar-refractivity contribution in [3.63, 3.8) is 0 Å². The largest absolute Gasteiger partial charge is 0.336 e. The van der Waals surface area contributed by atoms with E-state index in [1.807, 2.05) is 64.9 Å². The minimum atomic E-state index is -0.244. The molecule has 156 valence electrons. The molecule has 3 aromatic rings. The second-order valence-electron chi connectivity index (χ2n) is 7.95. The molecule has 0 fully saturated rings. The monoisotopic (exact) mass is 428 g/mol. The minimum absolute atomic E-state index is 0.242. The number of carbonyl (C=O) groups excluding carboxylic acids is 2. The highest BCUT2D eigenvalue weighted by atomic mass is 32.1. The first-order valence-corrected chi connectivity index (χ1v) is 11.7. The van der Waals surface area contributed by atoms with E-state index in [4.69, 9.17) is 0 Å². The summed E-state index contributed by atoms with van der Waals surface area (Å²) >= 11 is 1.49. The summed E-state index contributed by atoms with van der Waals surface area (Å²) in [7, 11) is 0. The zero-order valence-corrected chi connectivity index (χ0v) is 18.3. The number of fused-ring (bicyclic) bond motifs is 1. The van der Waals surface area contributed by atoms with Gasteiger partial charge in [-0.2, -0.15) is 0 Å². The van der Waals surface area contributed by atoms with Gasteiger partial charge >= 0.3 is 0 Å². The van der Waals surface area contributed by atoms with Crippen molar-refractivity contribution in [1.82, 2.24) is 0 Å². The van der Waals surface area contributed by atoms with Crippen LogP contribution >= 0.6 is 11.3 Å². The number of thiophene rings is 1. The third-order valence-corrected chi connectivity index (χ3v) is 6.88.